The number of non-ortho nitro benzene ring substituents is 1. The highest BCUT2D eigenvalue weighted by atomic mass is 35.5. The van der Waals surface area contributed by atoms with E-state index in [1.165, 1.54) is 12.1 Å². The molecule has 0 spiro atoms. The SMILES string of the molecule is CNC1(COc2cncc(-c3cccc([N+](=O)[O-])c3)c2)CC1.Cl.Cl. The number of nitro groups is 1. The van der Waals surface area contributed by atoms with Gasteiger partial charge < -0.3 is 10.1 Å². The van der Waals surface area contributed by atoms with Crippen LogP contribution in [0.3, 0.4) is 0 Å². The molecule has 8 heteroatoms. The van der Waals surface area contributed by atoms with Crippen LogP contribution in [0.2, 0.25) is 0 Å². The average molecular weight is 372 g/mol. The third kappa shape index (κ3) is 4.56. The Hall–Kier alpha value is -1.89. The first-order valence-corrected chi connectivity index (χ1v) is 7.13. The summed E-state index contributed by atoms with van der Waals surface area (Å²) < 4.78 is 5.81. The summed E-state index contributed by atoms with van der Waals surface area (Å²) in [5, 5.41) is 14.1. The minimum absolute atomic E-state index is 0. The number of nitro benzene ring substituents is 1. The summed E-state index contributed by atoms with van der Waals surface area (Å²) in [6.45, 7) is 0.601. The van der Waals surface area contributed by atoms with Crippen molar-refractivity contribution in [1.29, 1.82) is 0 Å². The number of ether oxygens (including phenoxy) is 1. The van der Waals surface area contributed by atoms with E-state index in [1.54, 1.807) is 18.5 Å². The fourth-order valence-electron chi connectivity index (χ4n) is 2.29. The number of hydrogen-bond acceptors (Lipinski definition) is 5. The van der Waals surface area contributed by atoms with Crippen LogP contribution in [-0.4, -0.2) is 29.1 Å². The molecule has 1 saturated carbocycles. The van der Waals surface area contributed by atoms with E-state index in [0.717, 1.165) is 24.0 Å². The zero-order chi connectivity index (χ0) is 15.6. The Labute approximate surface area is 152 Å². The standard InChI is InChI=1S/C16H17N3O3.2ClH/c1-17-16(5-6-16)11-22-15-8-13(9-18-10-15)12-3-2-4-14(7-12)19(20)21;;/h2-4,7-10,17H,5-6,11H2,1H3;2*1H. The lowest BCUT2D eigenvalue weighted by Gasteiger charge is -2.15. The highest BCUT2D eigenvalue weighted by molar-refractivity contribution is 5.85. The molecular weight excluding hydrogens is 353 g/mol. The second kappa shape index (κ2) is 8.28. The van der Waals surface area contributed by atoms with Crippen LogP contribution < -0.4 is 10.1 Å². The Morgan fingerprint density at radius 2 is 2.00 bits per heavy atom. The van der Waals surface area contributed by atoms with E-state index in [-0.39, 0.29) is 36.0 Å². The van der Waals surface area contributed by atoms with Gasteiger partial charge in [0, 0.05) is 23.9 Å². The summed E-state index contributed by atoms with van der Waals surface area (Å²) in [5.41, 5.74) is 1.72. The summed E-state index contributed by atoms with van der Waals surface area (Å²) in [7, 11) is 1.94. The van der Waals surface area contributed by atoms with E-state index in [2.05, 4.69) is 10.3 Å². The van der Waals surface area contributed by atoms with E-state index >= 15 is 0 Å². The quantitative estimate of drug-likeness (QED) is 0.619. The fraction of sp³-hybridized carbons (Fsp3) is 0.312. The van der Waals surface area contributed by atoms with Crippen LogP contribution >= 0.6 is 24.8 Å². The third-order valence-corrected chi connectivity index (χ3v) is 4.00. The lowest BCUT2D eigenvalue weighted by Crippen LogP contribution is -2.33. The zero-order valence-corrected chi connectivity index (χ0v) is 14.7. The lowest BCUT2D eigenvalue weighted by atomic mass is 10.1. The molecule has 130 valence electrons. The second-order valence-electron chi connectivity index (χ2n) is 5.54. The Morgan fingerprint density at radius 1 is 1.25 bits per heavy atom. The number of benzene rings is 1. The van der Waals surface area contributed by atoms with E-state index in [0.29, 0.717) is 12.4 Å². The number of pyridine rings is 1. The van der Waals surface area contributed by atoms with Gasteiger partial charge in [0.1, 0.15) is 12.4 Å². The number of nitrogens with zero attached hydrogens (tertiary/aromatic N) is 2. The number of halogens is 2. The summed E-state index contributed by atoms with van der Waals surface area (Å²) in [5.74, 6) is 0.672. The molecule has 24 heavy (non-hydrogen) atoms. The van der Waals surface area contributed by atoms with Gasteiger partial charge in [0.15, 0.2) is 0 Å². The molecule has 0 aliphatic heterocycles. The second-order valence-corrected chi connectivity index (χ2v) is 5.54. The van der Waals surface area contributed by atoms with Gasteiger partial charge in [-0.2, -0.15) is 0 Å². The van der Waals surface area contributed by atoms with Crippen molar-refractivity contribution in [3.05, 3.63) is 52.8 Å². The van der Waals surface area contributed by atoms with Crippen LogP contribution in [0.25, 0.3) is 11.1 Å². The van der Waals surface area contributed by atoms with Crippen molar-refractivity contribution in [2.45, 2.75) is 18.4 Å². The molecule has 0 saturated heterocycles. The van der Waals surface area contributed by atoms with Crippen molar-refractivity contribution in [3.8, 4) is 16.9 Å². The first-order chi connectivity index (χ1) is 10.6. The molecule has 6 nitrogen and oxygen atoms in total. The van der Waals surface area contributed by atoms with Crippen molar-refractivity contribution in [2.24, 2.45) is 0 Å². The molecule has 1 N–H and O–H groups in total. The van der Waals surface area contributed by atoms with Gasteiger partial charge in [0.05, 0.1) is 16.7 Å². The van der Waals surface area contributed by atoms with Crippen molar-refractivity contribution in [1.82, 2.24) is 10.3 Å². The van der Waals surface area contributed by atoms with Crippen molar-refractivity contribution >= 4 is 30.5 Å². The van der Waals surface area contributed by atoms with E-state index in [4.69, 9.17) is 4.74 Å². The Balaban J connectivity index is 0.00000144. The number of nitrogens with one attached hydrogen (secondary N) is 1. The molecule has 0 amide bonds. The maximum atomic E-state index is 10.9. The minimum atomic E-state index is -0.402. The van der Waals surface area contributed by atoms with Crippen molar-refractivity contribution in [2.75, 3.05) is 13.7 Å². The largest absolute Gasteiger partial charge is 0.490 e. The first-order valence-electron chi connectivity index (χ1n) is 7.13. The van der Waals surface area contributed by atoms with E-state index in [1.807, 2.05) is 19.2 Å². The van der Waals surface area contributed by atoms with E-state index < -0.39 is 4.92 Å². The molecule has 0 radical (unpaired) electrons. The van der Waals surface area contributed by atoms with Crippen LogP contribution in [-0.2, 0) is 0 Å². The van der Waals surface area contributed by atoms with Gasteiger partial charge in [-0.15, -0.1) is 24.8 Å². The Morgan fingerprint density at radius 3 is 2.62 bits per heavy atom. The molecule has 1 aromatic carbocycles. The smallest absolute Gasteiger partial charge is 0.270 e. The molecule has 0 atom stereocenters. The molecule has 0 unspecified atom stereocenters. The van der Waals surface area contributed by atoms with Crippen LogP contribution in [0.5, 0.6) is 5.75 Å². The van der Waals surface area contributed by atoms with Crippen LogP contribution in [0, 0.1) is 10.1 Å². The molecule has 1 fully saturated rings. The normalized spacial score (nSPS) is 14.0. The molecule has 1 aromatic heterocycles. The zero-order valence-electron chi connectivity index (χ0n) is 13.1. The van der Waals surface area contributed by atoms with Crippen LogP contribution in [0.4, 0.5) is 5.69 Å². The molecule has 2 aromatic rings. The Kier molecular flexibility index (Phi) is 6.95. The van der Waals surface area contributed by atoms with Gasteiger partial charge in [-0.3, -0.25) is 15.1 Å². The molecule has 1 heterocycles. The molecule has 1 aliphatic rings. The summed E-state index contributed by atoms with van der Waals surface area (Å²) in [6, 6.07) is 8.36. The van der Waals surface area contributed by atoms with Crippen LogP contribution in [0.15, 0.2) is 42.7 Å². The predicted molar refractivity (Wildman–Crippen MR) is 97.3 cm³/mol. The number of aromatic nitrogens is 1. The van der Waals surface area contributed by atoms with Gasteiger partial charge in [-0.1, -0.05) is 12.1 Å². The predicted octanol–water partition coefficient (Wildman–Crippen LogP) is 3.63. The summed E-state index contributed by atoms with van der Waals surface area (Å²) in [4.78, 5) is 14.6. The maximum absolute atomic E-state index is 10.9. The van der Waals surface area contributed by atoms with Gasteiger partial charge in [-0.25, -0.2) is 0 Å². The van der Waals surface area contributed by atoms with Crippen molar-refractivity contribution in [3.63, 3.8) is 0 Å². The lowest BCUT2D eigenvalue weighted by molar-refractivity contribution is -0.384. The van der Waals surface area contributed by atoms with Crippen molar-refractivity contribution < 1.29 is 9.66 Å². The van der Waals surface area contributed by atoms with Gasteiger partial charge >= 0.3 is 0 Å². The minimum Gasteiger partial charge on any atom is -0.490 e. The number of hydrogen-bond donors (Lipinski definition) is 1. The fourth-order valence-corrected chi connectivity index (χ4v) is 2.29. The molecular formula is C16H19Cl2N3O3. The molecule has 0 bridgehead atoms. The number of likely N-dealkylation sites (N-methyl/N-ethyl adjacent to an activating group) is 1. The third-order valence-electron chi connectivity index (χ3n) is 4.00. The van der Waals surface area contributed by atoms with E-state index in [9.17, 15) is 10.1 Å². The number of rotatable bonds is 6. The van der Waals surface area contributed by atoms with Crippen LogP contribution in [0.1, 0.15) is 12.8 Å². The highest BCUT2D eigenvalue weighted by Gasteiger charge is 2.41. The summed E-state index contributed by atoms with van der Waals surface area (Å²) >= 11 is 0. The van der Waals surface area contributed by atoms with Gasteiger partial charge in [-0.05, 0) is 31.5 Å². The summed E-state index contributed by atoms with van der Waals surface area (Å²) in [6.07, 6.45) is 5.56. The Bertz CT molecular complexity index is 708. The molecule has 1 aliphatic carbocycles. The van der Waals surface area contributed by atoms with Gasteiger partial charge in [0.25, 0.3) is 5.69 Å². The molecule has 3 rings (SSSR count). The highest BCUT2D eigenvalue weighted by Crippen LogP contribution is 2.35. The monoisotopic (exact) mass is 371 g/mol. The first kappa shape index (κ1) is 20.2. The topological polar surface area (TPSA) is 77.3 Å². The van der Waals surface area contributed by atoms with Gasteiger partial charge in [0.2, 0.25) is 0 Å². The average Bonchev–Trinajstić information content (AvgIpc) is 3.34. The maximum Gasteiger partial charge on any atom is 0.270 e.